The number of amides is 1. The fraction of sp³-hybridized carbons (Fsp3) is 0.154. The van der Waals surface area contributed by atoms with Crippen LogP contribution in [0.4, 0.5) is 0 Å². The van der Waals surface area contributed by atoms with E-state index in [2.05, 4.69) is 12.6 Å². The summed E-state index contributed by atoms with van der Waals surface area (Å²) in [5.74, 6) is 0.0225. The predicted molar refractivity (Wildman–Crippen MR) is 73.8 cm³/mol. The molecule has 0 saturated heterocycles. The van der Waals surface area contributed by atoms with Gasteiger partial charge in [0.15, 0.2) is 0 Å². The molecule has 2 rings (SSSR count). The average Bonchev–Trinajstić information content (AvgIpc) is 2.80. The Morgan fingerprint density at radius 3 is 2.82 bits per heavy atom. The standard InChI is InChI=1S/C13H13NOS2/c1-14(9-12-6-3-7-17-12)13(15)10-4-2-5-11(16)8-10/h2-8,16H,9H2,1H3. The number of rotatable bonds is 3. The third-order valence-electron chi connectivity index (χ3n) is 2.41. The molecule has 1 aromatic carbocycles. The molecule has 0 unspecified atom stereocenters. The number of carbonyl (C=O) groups excluding carboxylic acids is 1. The van der Waals surface area contributed by atoms with Crippen LogP contribution in [-0.2, 0) is 6.54 Å². The molecule has 0 aliphatic heterocycles. The van der Waals surface area contributed by atoms with Gasteiger partial charge in [0.05, 0.1) is 6.54 Å². The van der Waals surface area contributed by atoms with E-state index in [1.165, 1.54) is 4.88 Å². The van der Waals surface area contributed by atoms with Crippen LogP contribution in [-0.4, -0.2) is 17.9 Å². The second-order valence-corrected chi connectivity index (χ2v) is 5.34. The Bertz CT molecular complexity index is 508. The van der Waals surface area contributed by atoms with E-state index in [9.17, 15) is 4.79 Å². The minimum absolute atomic E-state index is 0.0225. The SMILES string of the molecule is CN(Cc1cccs1)C(=O)c1cccc(S)c1. The molecule has 0 fully saturated rings. The van der Waals surface area contributed by atoms with Gasteiger partial charge in [-0.1, -0.05) is 12.1 Å². The Hall–Kier alpha value is -1.26. The van der Waals surface area contributed by atoms with Crippen LogP contribution >= 0.6 is 24.0 Å². The maximum atomic E-state index is 12.1. The Kier molecular flexibility index (Phi) is 3.86. The van der Waals surface area contributed by atoms with Gasteiger partial charge in [-0.05, 0) is 29.6 Å². The molecule has 2 nitrogen and oxygen atoms in total. The van der Waals surface area contributed by atoms with Crippen LogP contribution in [0.1, 0.15) is 15.2 Å². The molecule has 4 heteroatoms. The smallest absolute Gasteiger partial charge is 0.253 e. The molecule has 17 heavy (non-hydrogen) atoms. The van der Waals surface area contributed by atoms with Crippen molar-refractivity contribution in [1.29, 1.82) is 0 Å². The van der Waals surface area contributed by atoms with Gasteiger partial charge in [0.1, 0.15) is 0 Å². The summed E-state index contributed by atoms with van der Waals surface area (Å²) in [7, 11) is 1.81. The lowest BCUT2D eigenvalue weighted by molar-refractivity contribution is 0.0786. The molecule has 88 valence electrons. The highest BCUT2D eigenvalue weighted by Gasteiger charge is 2.12. The molecule has 0 radical (unpaired) electrons. The Labute approximate surface area is 110 Å². The van der Waals surface area contributed by atoms with Crippen molar-refractivity contribution in [2.45, 2.75) is 11.4 Å². The van der Waals surface area contributed by atoms with Gasteiger partial charge in [-0.15, -0.1) is 24.0 Å². The molecule has 0 bridgehead atoms. The van der Waals surface area contributed by atoms with Crippen LogP contribution in [0.3, 0.4) is 0 Å². The van der Waals surface area contributed by atoms with E-state index >= 15 is 0 Å². The van der Waals surface area contributed by atoms with E-state index in [-0.39, 0.29) is 5.91 Å². The van der Waals surface area contributed by atoms with E-state index in [0.29, 0.717) is 12.1 Å². The topological polar surface area (TPSA) is 20.3 Å². The summed E-state index contributed by atoms with van der Waals surface area (Å²) in [6.07, 6.45) is 0. The van der Waals surface area contributed by atoms with E-state index in [4.69, 9.17) is 0 Å². The monoisotopic (exact) mass is 263 g/mol. The molecule has 0 spiro atoms. The highest BCUT2D eigenvalue weighted by atomic mass is 32.1. The van der Waals surface area contributed by atoms with Crippen molar-refractivity contribution in [3.8, 4) is 0 Å². The number of thiophene rings is 1. The number of thiol groups is 1. The lowest BCUT2D eigenvalue weighted by Crippen LogP contribution is -2.25. The lowest BCUT2D eigenvalue weighted by atomic mass is 10.2. The van der Waals surface area contributed by atoms with Crippen LogP contribution in [0.25, 0.3) is 0 Å². The lowest BCUT2D eigenvalue weighted by Gasteiger charge is -2.16. The number of hydrogen-bond acceptors (Lipinski definition) is 3. The van der Waals surface area contributed by atoms with Crippen LogP contribution in [0.5, 0.6) is 0 Å². The van der Waals surface area contributed by atoms with Crippen LogP contribution in [0.2, 0.25) is 0 Å². The molecular formula is C13H13NOS2. The summed E-state index contributed by atoms with van der Waals surface area (Å²) >= 11 is 5.90. The normalized spacial score (nSPS) is 10.2. The van der Waals surface area contributed by atoms with E-state index in [1.54, 1.807) is 22.3 Å². The first kappa shape index (κ1) is 12.2. The van der Waals surface area contributed by atoms with Crippen molar-refractivity contribution in [1.82, 2.24) is 4.90 Å². The Balaban J connectivity index is 2.09. The van der Waals surface area contributed by atoms with Gasteiger partial charge < -0.3 is 4.90 Å². The van der Waals surface area contributed by atoms with Crippen LogP contribution < -0.4 is 0 Å². The summed E-state index contributed by atoms with van der Waals surface area (Å²) in [6.45, 7) is 0.646. The quantitative estimate of drug-likeness (QED) is 0.842. The van der Waals surface area contributed by atoms with Gasteiger partial charge in [0, 0.05) is 22.4 Å². The minimum atomic E-state index is 0.0225. The van der Waals surface area contributed by atoms with E-state index in [1.807, 2.05) is 42.8 Å². The second kappa shape index (κ2) is 5.38. The maximum Gasteiger partial charge on any atom is 0.253 e. The van der Waals surface area contributed by atoms with Crippen molar-refractivity contribution in [2.24, 2.45) is 0 Å². The van der Waals surface area contributed by atoms with Gasteiger partial charge in [0.25, 0.3) is 5.91 Å². The summed E-state index contributed by atoms with van der Waals surface area (Å²) in [5, 5.41) is 2.02. The van der Waals surface area contributed by atoms with Crippen molar-refractivity contribution in [3.05, 3.63) is 52.2 Å². The number of nitrogens with zero attached hydrogens (tertiary/aromatic N) is 1. The molecule has 1 aromatic heterocycles. The third kappa shape index (κ3) is 3.11. The molecule has 2 aromatic rings. The van der Waals surface area contributed by atoms with Gasteiger partial charge >= 0.3 is 0 Å². The highest BCUT2D eigenvalue weighted by Crippen LogP contribution is 2.14. The summed E-state index contributed by atoms with van der Waals surface area (Å²) in [5.41, 5.74) is 0.677. The van der Waals surface area contributed by atoms with Crippen molar-refractivity contribution in [2.75, 3.05) is 7.05 Å². The van der Waals surface area contributed by atoms with Gasteiger partial charge in [-0.3, -0.25) is 4.79 Å². The molecule has 0 N–H and O–H groups in total. The third-order valence-corrected chi connectivity index (χ3v) is 3.55. The van der Waals surface area contributed by atoms with Crippen molar-refractivity contribution < 1.29 is 4.79 Å². The first-order chi connectivity index (χ1) is 8.16. The zero-order chi connectivity index (χ0) is 12.3. The maximum absolute atomic E-state index is 12.1. The summed E-state index contributed by atoms with van der Waals surface area (Å²) in [4.78, 5) is 15.8. The minimum Gasteiger partial charge on any atom is -0.337 e. The second-order valence-electron chi connectivity index (χ2n) is 3.79. The van der Waals surface area contributed by atoms with E-state index in [0.717, 1.165) is 4.90 Å². The zero-order valence-corrected chi connectivity index (χ0v) is 11.2. The highest BCUT2D eigenvalue weighted by molar-refractivity contribution is 7.80. The van der Waals surface area contributed by atoms with Gasteiger partial charge in [-0.2, -0.15) is 0 Å². The Morgan fingerprint density at radius 1 is 1.35 bits per heavy atom. The fourth-order valence-electron chi connectivity index (χ4n) is 1.57. The largest absolute Gasteiger partial charge is 0.337 e. The van der Waals surface area contributed by atoms with Crippen LogP contribution in [0, 0.1) is 0 Å². The number of hydrogen-bond donors (Lipinski definition) is 1. The Morgan fingerprint density at radius 2 is 2.18 bits per heavy atom. The predicted octanol–water partition coefficient (Wildman–Crippen LogP) is 3.31. The van der Waals surface area contributed by atoms with Gasteiger partial charge in [-0.25, -0.2) is 0 Å². The summed E-state index contributed by atoms with van der Waals surface area (Å²) in [6, 6.07) is 11.3. The molecule has 1 amide bonds. The first-order valence-electron chi connectivity index (χ1n) is 5.23. The van der Waals surface area contributed by atoms with Crippen LogP contribution in [0.15, 0.2) is 46.7 Å². The van der Waals surface area contributed by atoms with Crippen molar-refractivity contribution in [3.63, 3.8) is 0 Å². The zero-order valence-electron chi connectivity index (χ0n) is 9.46. The molecule has 1 heterocycles. The molecule has 0 atom stereocenters. The summed E-state index contributed by atoms with van der Waals surface area (Å²) < 4.78 is 0. The first-order valence-corrected chi connectivity index (χ1v) is 6.56. The molecule has 0 aliphatic carbocycles. The van der Waals surface area contributed by atoms with Gasteiger partial charge in [0.2, 0.25) is 0 Å². The number of carbonyl (C=O) groups is 1. The molecular weight excluding hydrogens is 250 g/mol. The number of benzene rings is 1. The molecule has 0 aliphatic rings. The molecule has 0 saturated carbocycles. The van der Waals surface area contributed by atoms with Crippen molar-refractivity contribution >= 4 is 29.9 Å². The average molecular weight is 263 g/mol. The van der Waals surface area contributed by atoms with E-state index < -0.39 is 0 Å². The fourth-order valence-corrected chi connectivity index (χ4v) is 2.55.